The third-order valence-corrected chi connectivity index (χ3v) is 2.78. The smallest absolute Gasteiger partial charge is 0.240 e. The summed E-state index contributed by atoms with van der Waals surface area (Å²) < 4.78 is 1.88. The number of hydrogen-bond acceptors (Lipinski definition) is 2. The molecule has 4 nitrogen and oxygen atoms in total. The molecule has 82 valence electrons. The quantitative estimate of drug-likeness (QED) is 0.839. The van der Waals surface area contributed by atoms with Crippen LogP contribution < -0.4 is 5.32 Å². The zero-order chi connectivity index (χ0) is 11.0. The lowest BCUT2D eigenvalue weighted by Gasteiger charge is -2.04. The number of hydrogen-bond donors (Lipinski definition) is 1. The standard InChI is InChI=1S/C12H13N3O/c16-12(14-9-5-6-9)7-15-8-13-10-3-1-2-4-11(10)15/h1-4,8-9H,5-7H2,(H,14,16). The van der Waals surface area contributed by atoms with Crippen LogP contribution in [-0.2, 0) is 11.3 Å². The maximum atomic E-state index is 11.6. The summed E-state index contributed by atoms with van der Waals surface area (Å²) in [5.74, 6) is 0.0747. The van der Waals surface area contributed by atoms with Gasteiger partial charge in [0.15, 0.2) is 0 Å². The van der Waals surface area contributed by atoms with Crippen molar-refractivity contribution in [2.75, 3.05) is 0 Å². The lowest BCUT2D eigenvalue weighted by Crippen LogP contribution is -2.29. The minimum Gasteiger partial charge on any atom is -0.352 e. The van der Waals surface area contributed by atoms with E-state index in [4.69, 9.17) is 0 Å². The van der Waals surface area contributed by atoms with E-state index in [9.17, 15) is 4.79 Å². The number of aromatic nitrogens is 2. The van der Waals surface area contributed by atoms with Gasteiger partial charge in [0, 0.05) is 6.04 Å². The number of carbonyl (C=O) groups excluding carboxylic acids is 1. The van der Waals surface area contributed by atoms with Crippen LogP contribution >= 0.6 is 0 Å². The van der Waals surface area contributed by atoms with Crippen LogP contribution in [0.2, 0.25) is 0 Å². The molecule has 0 unspecified atom stereocenters. The fraction of sp³-hybridized carbons (Fsp3) is 0.333. The minimum absolute atomic E-state index is 0.0747. The molecule has 16 heavy (non-hydrogen) atoms. The highest BCUT2D eigenvalue weighted by molar-refractivity contribution is 5.80. The van der Waals surface area contributed by atoms with Crippen molar-refractivity contribution in [2.24, 2.45) is 0 Å². The van der Waals surface area contributed by atoms with E-state index >= 15 is 0 Å². The van der Waals surface area contributed by atoms with Crippen LogP contribution in [0.5, 0.6) is 0 Å². The summed E-state index contributed by atoms with van der Waals surface area (Å²) in [6.07, 6.45) is 3.96. The summed E-state index contributed by atoms with van der Waals surface area (Å²) in [4.78, 5) is 15.9. The molecule has 3 rings (SSSR count). The van der Waals surface area contributed by atoms with Crippen molar-refractivity contribution in [1.29, 1.82) is 0 Å². The molecule has 0 atom stereocenters. The molecule has 0 saturated heterocycles. The van der Waals surface area contributed by atoms with Crippen LogP contribution in [0.3, 0.4) is 0 Å². The topological polar surface area (TPSA) is 46.9 Å². The van der Waals surface area contributed by atoms with Crippen LogP contribution in [0.1, 0.15) is 12.8 Å². The first-order valence-corrected chi connectivity index (χ1v) is 5.52. The third kappa shape index (κ3) is 1.78. The van der Waals surface area contributed by atoms with Gasteiger partial charge in [-0.15, -0.1) is 0 Å². The van der Waals surface area contributed by atoms with Gasteiger partial charge in [0.1, 0.15) is 6.54 Å². The van der Waals surface area contributed by atoms with E-state index in [1.54, 1.807) is 6.33 Å². The predicted molar refractivity (Wildman–Crippen MR) is 60.9 cm³/mol. The number of para-hydroxylation sites is 2. The summed E-state index contributed by atoms with van der Waals surface area (Å²) >= 11 is 0. The molecule has 1 heterocycles. The maximum Gasteiger partial charge on any atom is 0.240 e. The third-order valence-electron chi connectivity index (χ3n) is 2.78. The van der Waals surface area contributed by atoms with Crippen molar-refractivity contribution in [3.8, 4) is 0 Å². The highest BCUT2D eigenvalue weighted by Gasteiger charge is 2.23. The molecule has 1 aromatic carbocycles. The fourth-order valence-electron chi connectivity index (χ4n) is 1.79. The normalized spacial score (nSPS) is 15.2. The summed E-state index contributed by atoms with van der Waals surface area (Å²) in [5.41, 5.74) is 1.94. The van der Waals surface area contributed by atoms with Crippen LogP contribution in [0.25, 0.3) is 11.0 Å². The molecule has 4 heteroatoms. The van der Waals surface area contributed by atoms with Gasteiger partial charge in [-0.05, 0) is 25.0 Å². The first kappa shape index (κ1) is 9.39. The van der Waals surface area contributed by atoms with Gasteiger partial charge >= 0.3 is 0 Å². The molecule has 1 saturated carbocycles. The van der Waals surface area contributed by atoms with Crippen molar-refractivity contribution < 1.29 is 4.79 Å². The second-order valence-corrected chi connectivity index (χ2v) is 4.20. The number of benzene rings is 1. The monoisotopic (exact) mass is 215 g/mol. The first-order valence-electron chi connectivity index (χ1n) is 5.52. The zero-order valence-electron chi connectivity index (χ0n) is 8.89. The Morgan fingerprint density at radius 3 is 3.06 bits per heavy atom. The number of nitrogens with zero attached hydrogens (tertiary/aromatic N) is 2. The maximum absolute atomic E-state index is 11.6. The van der Waals surface area contributed by atoms with Crippen LogP contribution in [0, 0.1) is 0 Å². The molecule has 1 amide bonds. The Hall–Kier alpha value is -1.84. The molecule has 0 bridgehead atoms. The van der Waals surface area contributed by atoms with Crippen molar-refractivity contribution in [3.05, 3.63) is 30.6 Å². The summed E-state index contributed by atoms with van der Waals surface area (Å²) in [6.45, 7) is 0.358. The Morgan fingerprint density at radius 2 is 2.25 bits per heavy atom. The Kier molecular flexibility index (Phi) is 2.13. The van der Waals surface area contributed by atoms with Gasteiger partial charge in [-0.1, -0.05) is 12.1 Å². The molecule has 1 fully saturated rings. The number of imidazole rings is 1. The highest BCUT2D eigenvalue weighted by Crippen LogP contribution is 2.18. The lowest BCUT2D eigenvalue weighted by molar-refractivity contribution is -0.121. The number of carbonyl (C=O) groups is 1. The Bertz CT molecular complexity index is 528. The van der Waals surface area contributed by atoms with Crippen LogP contribution in [0.15, 0.2) is 30.6 Å². The van der Waals surface area contributed by atoms with E-state index in [0.717, 1.165) is 23.9 Å². The second kappa shape index (κ2) is 3.63. The van der Waals surface area contributed by atoms with Crippen LogP contribution in [-0.4, -0.2) is 21.5 Å². The molecule has 1 aliphatic rings. The van der Waals surface area contributed by atoms with E-state index in [1.165, 1.54) is 0 Å². The zero-order valence-corrected chi connectivity index (χ0v) is 8.89. The van der Waals surface area contributed by atoms with Crippen molar-refractivity contribution in [1.82, 2.24) is 14.9 Å². The van der Waals surface area contributed by atoms with E-state index in [-0.39, 0.29) is 5.91 Å². The molecule has 1 aromatic heterocycles. The number of rotatable bonds is 3. The Labute approximate surface area is 93.3 Å². The molecular formula is C12H13N3O. The minimum atomic E-state index is 0.0747. The van der Waals surface area contributed by atoms with E-state index in [0.29, 0.717) is 12.6 Å². The molecular weight excluding hydrogens is 202 g/mol. The molecule has 0 aliphatic heterocycles. The van der Waals surface area contributed by atoms with Gasteiger partial charge in [-0.2, -0.15) is 0 Å². The van der Waals surface area contributed by atoms with Gasteiger partial charge in [0.05, 0.1) is 17.4 Å². The molecule has 1 N–H and O–H groups in total. The number of amides is 1. The number of nitrogens with one attached hydrogen (secondary N) is 1. The molecule has 2 aromatic rings. The molecule has 0 spiro atoms. The first-order chi connectivity index (χ1) is 7.83. The molecule has 1 aliphatic carbocycles. The number of fused-ring (bicyclic) bond motifs is 1. The van der Waals surface area contributed by atoms with Gasteiger partial charge in [0.25, 0.3) is 0 Å². The lowest BCUT2D eigenvalue weighted by atomic mass is 10.3. The van der Waals surface area contributed by atoms with E-state index in [1.807, 2.05) is 28.8 Å². The fourth-order valence-corrected chi connectivity index (χ4v) is 1.79. The van der Waals surface area contributed by atoms with E-state index < -0.39 is 0 Å². The van der Waals surface area contributed by atoms with Gasteiger partial charge in [-0.25, -0.2) is 4.98 Å². The van der Waals surface area contributed by atoms with Crippen molar-refractivity contribution >= 4 is 16.9 Å². The average molecular weight is 215 g/mol. The summed E-state index contributed by atoms with van der Waals surface area (Å²) in [5, 5.41) is 2.97. The predicted octanol–water partition coefficient (Wildman–Crippen LogP) is 1.31. The van der Waals surface area contributed by atoms with Gasteiger partial charge in [0.2, 0.25) is 5.91 Å². The Balaban J connectivity index is 1.80. The average Bonchev–Trinajstić information content (AvgIpc) is 3.00. The summed E-state index contributed by atoms with van der Waals surface area (Å²) in [7, 11) is 0. The Morgan fingerprint density at radius 1 is 1.44 bits per heavy atom. The van der Waals surface area contributed by atoms with Crippen molar-refractivity contribution in [3.63, 3.8) is 0 Å². The largest absolute Gasteiger partial charge is 0.352 e. The van der Waals surface area contributed by atoms with E-state index in [2.05, 4.69) is 10.3 Å². The van der Waals surface area contributed by atoms with Gasteiger partial charge in [-0.3, -0.25) is 4.79 Å². The molecule has 0 radical (unpaired) electrons. The van der Waals surface area contributed by atoms with Crippen LogP contribution in [0.4, 0.5) is 0 Å². The van der Waals surface area contributed by atoms with Gasteiger partial charge < -0.3 is 9.88 Å². The van der Waals surface area contributed by atoms with Crippen molar-refractivity contribution in [2.45, 2.75) is 25.4 Å². The highest BCUT2D eigenvalue weighted by atomic mass is 16.2. The summed E-state index contributed by atoms with van der Waals surface area (Å²) in [6, 6.07) is 8.25. The SMILES string of the molecule is O=C(Cn1cnc2ccccc21)NC1CC1. The second-order valence-electron chi connectivity index (χ2n) is 4.20.